The molecule has 0 saturated heterocycles. The third-order valence-corrected chi connectivity index (χ3v) is 12.1. The van der Waals surface area contributed by atoms with E-state index in [1.807, 2.05) is 116 Å². The van der Waals surface area contributed by atoms with E-state index in [1.165, 1.54) is 33.4 Å². The highest BCUT2D eigenvalue weighted by atomic mass is 15.0. The van der Waals surface area contributed by atoms with Crippen molar-refractivity contribution in [2.45, 2.75) is 11.8 Å². The lowest BCUT2D eigenvalue weighted by Gasteiger charge is -2.42. The first kappa shape index (κ1) is 35.6. The minimum absolute atomic E-state index is 0.0280. The molecule has 0 aliphatic heterocycles. The summed E-state index contributed by atoms with van der Waals surface area (Å²) in [6, 6.07) is 65.2. The van der Waals surface area contributed by atoms with Crippen LogP contribution < -0.4 is 0 Å². The van der Waals surface area contributed by atoms with Gasteiger partial charge >= 0.3 is 0 Å². The summed E-state index contributed by atoms with van der Waals surface area (Å²) in [5, 5.41) is 0. The molecule has 2 unspecified atom stereocenters. The number of hydrogen-bond acceptors (Lipinski definition) is 7. The van der Waals surface area contributed by atoms with Crippen molar-refractivity contribution in [1.29, 1.82) is 0 Å². The fourth-order valence-corrected chi connectivity index (χ4v) is 9.17. The van der Waals surface area contributed by atoms with Gasteiger partial charge in [0.2, 0.25) is 0 Å². The predicted molar refractivity (Wildman–Crippen MR) is 244 cm³/mol. The first-order chi connectivity index (χ1) is 30.7. The van der Waals surface area contributed by atoms with Gasteiger partial charge in [0, 0.05) is 57.6 Å². The van der Waals surface area contributed by atoms with E-state index in [2.05, 4.69) is 89.9 Å². The molecule has 0 spiro atoms. The van der Waals surface area contributed by atoms with E-state index < -0.39 is 0 Å². The van der Waals surface area contributed by atoms with Crippen molar-refractivity contribution in [3.63, 3.8) is 0 Å². The average molecular weight is 794 g/mol. The molecule has 13 rings (SSSR count). The standard InChI is InChI=1S/C55H35N7/c1-4-13-35(14-5-1)50-57-51(36-15-6-2-7-16-36)60-54(59-50)40-23-25-44-46(32-40)48-42-21-10-11-22-43(42)49(44)47-33-41(24-26-45(47)48)55-61-52(37-17-8-3-9-18-37)58-53(62-55)39-20-12-19-38(31-39)34-27-29-56-30-28-34/h1-33,48-49H. The number of pyridine rings is 1. The number of benzene rings is 7. The molecule has 3 aliphatic carbocycles. The van der Waals surface area contributed by atoms with Crippen molar-refractivity contribution in [3.05, 3.63) is 234 Å². The molecule has 3 aromatic heterocycles. The summed E-state index contributed by atoms with van der Waals surface area (Å²) in [4.78, 5) is 34.7. The van der Waals surface area contributed by atoms with Crippen LogP contribution in [0.2, 0.25) is 0 Å². The van der Waals surface area contributed by atoms with Crippen molar-refractivity contribution < 1.29 is 0 Å². The lowest BCUT2D eigenvalue weighted by atomic mass is 9.61. The zero-order valence-electron chi connectivity index (χ0n) is 33.3. The summed E-state index contributed by atoms with van der Waals surface area (Å²) in [5.41, 5.74) is 15.6. The SMILES string of the molecule is c1ccc(-c2nc(-c3ccccc3)nc(-c3ccc4c(c3)C3c5ccccc5C4c4cc(-c5nc(-c6ccccc6)nc(-c6cccc(-c7ccncc7)c6)n5)ccc43)n2)cc1. The topological polar surface area (TPSA) is 90.2 Å². The van der Waals surface area contributed by atoms with Gasteiger partial charge in [0.25, 0.3) is 0 Å². The van der Waals surface area contributed by atoms with Crippen LogP contribution in [0.1, 0.15) is 45.2 Å². The highest BCUT2D eigenvalue weighted by Crippen LogP contribution is 2.56. The second-order valence-electron chi connectivity index (χ2n) is 15.7. The summed E-state index contributed by atoms with van der Waals surface area (Å²) >= 11 is 0. The number of nitrogens with zero attached hydrogens (tertiary/aromatic N) is 7. The van der Waals surface area contributed by atoms with Crippen LogP contribution in [0.4, 0.5) is 0 Å². The quantitative estimate of drug-likeness (QED) is 0.159. The van der Waals surface area contributed by atoms with Crippen molar-refractivity contribution in [2.75, 3.05) is 0 Å². The van der Waals surface area contributed by atoms with E-state index in [1.54, 1.807) is 0 Å². The molecule has 3 aliphatic rings. The zero-order chi connectivity index (χ0) is 41.0. The van der Waals surface area contributed by atoms with Crippen LogP contribution in [0.25, 0.3) is 79.5 Å². The van der Waals surface area contributed by atoms with Gasteiger partial charge < -0.3 is 0 Å². The maximum atomic E-state index is 5.18. The maximum absolute atomic E-state index is 5.18. The Morgan fingerprint density at radius 2 is 0.565 bits per heavy atom. The van der Waals surface area contributed by atoms with Crippen molar-refractivity contribution in [2.24, 2.45) is 0 Å². The Morgan fingerprint density at radius 1 is 0.226 bits per heavy atom. The van der Waals surface area contributed by atoms with Crippen LogP contribution in [0.5, 0.6) is 0 Å². The van der Waals surface area contributed by atoms with Gasteiger partial charge in [-0.05, 0) is 74.8 Å². The fraction of sp³-hybridized carbons (Fsp3) is 0.0364. The van der Waals surface area contributed by atoms with E-state index in [0.717, 1.165) is 44.5 Å². The number of rotatable bonds is 7. The van der Waals surface area contributed by atoms with E-state index >= 15 is 0 Å². The minimum atomic E-state index is 0.0280. The second kappa shape index (κ2) is 14.8. The van der Waals surface area contributed by atoms with Gasteiger partial charge in [-0.2, -0.15) is 0 Å². The van der Waals surface area contributed by atoms with Gasteiger partial charge in [0.05, 0.1) is 0 Å². The molecule has 10 aromatic rings. The molecule has 62 heavy (non-hydrogen) atoms. The molecule has 0 N–H and O–H groups in total. The highest BCUT2D eigenvalue weighted by molar-refractivity contribution is 5.76. The summed E-state index contributed by atoms with van der Waals surface area (Å²) in [5.74, 6) is 3.89. The smallest absolute Gasteiger partial charge is 0.164 e. The van der Waals surface area contributed by atoms with Crippen molar-refractivity contribution >= 4 is 0 Å². The lowest BCUT2D eigenvalue weighted by Crippen LogP contribution is -2.27. The first-order valence-electron chi connectivity index (χ1n) is 20.8. The Balaban J connectivity index is 0.980. The first-order valence-corrected chi connectivity index (χ1v) is 20.8. The molecule has 2 atom stereocenters. The predicted octanol–water partition coefficient (Wildman–Crippen LogP) is 12.1. The second-order valence-corrected chi connectivity index (χ2v) is 15.7. The van der Waals surface area contributed by atoms with Gasteiger partial charge in [0.15, 0.2) is 34.9 Å². The van der Waals surface area contributed by atoms with Crippen LogP contribution in [0.3, 0.4) is 0 Å². The Morgan fingerprint density at radius 3 is 1.00 bits per heavy atom. The van der Waals surface area contributed by atoms with Gasteiger partial charge in [-0.1, -0.05) is 158 Å². The van der Waals surface area contributed by atoms with E-state index in [-0.39, 0.29) is 11.8 Å². The molecule has 290 valence electrons. The van der Waals surface area contributed by atoms with Gasteiger partial charge in [-0.3, -0.25) is 4.98 Å². The Hall–Kier alpha value is -8.29. The minimum Gasteiger partial charge on any atom is -0.265 e. The molecule has 7 nitrogen and oxygen atoms in total. The van der Waals surface area contributed by atoms with E-state index in [0.29, 0.717) is 34.9 Å². The van der Waals surface area contributed by atoms with Crippen LogP contribution in [0.15, 0.2) is 200 Å². The molecule has 0 amide bonds. The molecule has 0 saturated carbocycles. The molecular formula is C55H35N7. The molecular weight excluding hydrogens is 759 g/mol. The van der Waals surface area contributed by atoms with Crippen LogP contribution >= 0.6 is 0 Å². The van der Waals surface area contributed by atoms with Crippen molar-refractivity contribution in [1.82, 2.24) is 34.9 Å². The van der Waals surface area contributed by atoms with E-state index in [9.17, 15) is 0 Å². The van der Waals surface area contributed by atoms with Crippen LogP contribution in [-0.2, 0) is 0 Å². The Labute approximate surface area is 358 Å². The zero-order valence-corrected chi connectivity index (χ0v) is 33.3. The average Bonchev–Trinajstić information content (AvgIpc) is 3.36. The normalized spacial score (nSPS) is 14.5. The molecule has 7 heteroatoms. The third-order valence-electron chi connectivity index (χ3n) is 12.1. The molecule has 7 aromatic carbocycles. The summed E-state index contributed by atoms with van der Waals surface area (Å²) < 4.78 is 0. The molecule has 3 heterocycles. The summed E-state index contributed by atoms with van der Waals surface area (Å²) in [6.45, 7) is 0. The van der Waals surface area contributed by atoms with E-state index in [4.69, 9.17) is 29.9 Å². The maximum Gasteiger partial charge on any atom is 0.164 e. The third kappa shape index (κ3) is 6.18. The van der Waals surface area contributed by atoms with Crippen LogP contribution in [0, 0.1) is 0 Å². The molecule has 2 bridgehead atoms. The van der Waals surface area contributed by atoms with Gasteiger partial charge in [0.1, 0.15) is 0 Å². The summed E-state index contributed by atoms with van der Waals surface area (Å²) in [7, 11) is 0. The monoisotopic (exact) mass is 793 g/mol. The Bertz CT molecular complexity index is 3240. The van der Waals surface area contributed by atoms with Gasteiger partial charge in [-0.15, -0.1) is 0 Å². The molecule has 0 fully saturated rings. The lowest BCUT2D eigenvalue weighted by molar-refractivity contribution is 0.754. The highest BCUT2D eigenvalue weighted by Gasteiger charge is 2.41. The largest absolute Gasteiger partial charge is 0.265 e. The Kier molecular flexibility index (Phi) is 8.49. The fourth-order valence-electron chi connectivity index (χ4n) is 9.17. The van der Waals surface area contributed by atoms with Crippen molar-refractivity contribution in [3.8, 4) is 79.5 Å². The molecule has 0 radical (unpaired) electrons. The number of hydrogen-bond donors (Lipinski definition) is 0. The van der Waals surface area contributed by atoms with Crippen LogP contribution in [-0.4, -0.2) is 34.9 Å². The van der Waals surface area contributed by atoms with Gasteiger partial charge in [-0.25, -0.2) is 29.9 Å². The summed E-state index contributed by atoms with van der Waals surface area (Å²) in [6.07, 6.45) is 3.63. The number of aromatic nitrogens is 7.